The van der Waals surface area contributed by atoms with E-state index >= 15 is 0 Å². The summed E-state index contributed by atoms with van der Waals surface area (Å²) in [5.41, 5.74) is 5.17. The molecule has 1 aliphatic heterocycles. The number of aromatic nitrogens is 1. The summed E-state index contributed by atoms with van der Waals surface area (Å²) in [5, 5.41) is 3.50. The molecule has 3 heterocycles. The van der Waals surface area contributed by atoms with E-state index in [1.165, 1.54) is 11.3 Å². The fourth-order valence-electron chi connectivity index (χ4n) is 4.78. The zero-order valence-corrected chi connectivity index (χ0v) is 23.0. The van der Waals surface area contributed by atoms with Gasteiger partial charge in [-0.05, 0) is 77.5 Å². The van der Waals surface area contributed by atoms with Gasteiger partial charge in [0, 0.05) is 29.1 Å². The van der Waals surface area contributed by atoms with Crippen molar-refractivity contribution in [3.05, 3.63) is 105 Å². The van der Waals surface area contributed by atoms with Gasteiger partial charge in [-0.25, -0.2) is 4.98 Å². The summed E-state index contributed by atoms with van der Waals surface area (Å²) < 4.78 is 16.8. The van der Waals surface area contributed by atoms with Gasteiger partial charge in [0.1, 0.15) is 5.75 Å². The monoisotopic (exact) mass is 556 g/mol. The molecule has 5 aromatic rings. The van der Waals surface area contributed by atoms with Crippen LogP contribution in [0.15, 0.2) is 78.2 Å². The second-order valence-electron chi connectivity index (χ2n) is 9.31. The Kier molecular flexibility index (Phi) is 6.85. The summed E-state index contributed by atoms with van der Waals surface area (Å²) in [7, 11) is 1.64. The first-order valence-electron chi connectivity index (χ1n) is 12.4. The predicted molar refractivity (Wildman–Crippen MR) is 154 cm³/mol. The van der Waals surface area contributed by atoms with Crippen LogP contribution in [0.3, 0.4) is 0 Å². The maximum Gasteiger partial charge on any atom is 0.264 e. The molecule has 2 aromatic heterocycles. The van der Waals surface area contributed by atoms with Crippen molar-refractivity contribution in [3.8, 4) is 28.5 Å². The molecule has 8 heteroatoms. The van der Waals surface area contributed by atoms with Crippen LogP contribution in [0.2, 0.25) is 5.02 Å². The lowest BCUT2D eigenvalue weighted by atomic mass is 10.0. The average molecular weight is 557 g/mol. The van der Waals surface area contributed by atoms with E-state index in [1.807, 2.05) is 83.9 Å². The number of halogens is 1. The van der Waals surface area contributed by atoms with Crippen molar-refractivity contribution in [2.45, 2.75) is 20.0 Å². The average Bonchev–Trinajstić information content (AvgIpc) is 3.60. The summed E-state index contributed by atoms with van der Waals surface area (Å²) in [4.78, 5) is 21.6. The maximum absolute atomic E-state index is 14.0. The zero-order chi connectivity index (χ0) is 26.9. The van der Waals surface area contributed by atoms with Gasteiger partial charge in [-0.3, -0.25) is 4.79 Å². The van der Waals surface area contributed by atoms with Crippen LogP contribution in [0.5, 0.6) is 17.2 Å². The summed E-state index contributed by atoms with van der Waals surface area (Å²) >= 11 is 7.76. The number of benzene rings is 3. The molecule has 1 aliphatic rings. The van der Waals surface area contributed by atoms with Crippen molar-refractivity contribution in [2.24, 2.45) is 0 Å². The molecule has 0 aliphatic carbocycles. The van der Waals surface area contributed by atoms with Crippen molar-refractivity contribution in [1.29, 1.82) is 0 Å². The number of carbonyl (C=O) groups excluding carboxylic acids is 1. The number of carbonyl (C=O) groups is 1. The van der Waals surface area contributed by atoms with E-state index < -0.39 is 0 Å². The Morgan fingerprint density at radius 3 is 2.69 bits per heavy atom. The van der Waals surface area contributed by atoms with Crippen LogP contribution in [0.1, 0.15) is 26.4 Å². The molecule has 0 N–H and O–H groups in total. The highest BCUT2D eigenvalue weighted by Gasteiger charge is 2.24. The van der Waals surface area contributed by atoms with Crippen LogP contribution in [0.25, 0.3) is 22.2 Å². The molecule has 39 heavy (non-hydrogen) atoms. The van der Waals surface area contributed by atoms with E-state index in [4.69, 9.17) is 30.8 Å². The van der Waals surface area contributed by atoms with Gasteiger partial charge in [0.25, 0.3) is 5.91 Å². The zero-order valence-electron chi connectivity index (χ0n) is 21.4. The first-order valence-corrected chi connectivity index (χ1v) is 13.7. The van der Waals surface area contributed by atoms with Crippen LogP contribution in [-0.2, 0) is 13.1 Å². The Morgan fingerprint density at radius 1 is 1.03 bits per heavy atom. The number of para-hydroxylation sites is 1. The minimum atomic E-state index is -0.0395. The van der Waals surface area contributed by atoms with Gasteiger partial charge >= 0.3 is 0 Å². The molecule has 0 unspecified atom stereocenters. The van der Waals surface area contributed by atoms with E-state index in [9.17, 15) is 4.79 Å². The first-order chi connectivity index (χ1) is 19.0. The van der Waals surface area contributed by atoms with Crippen molar-refractivity contribution in [3.63, 3.8) is 0 Å². The number of fused-ring (bicyclic) bond motifs is 2. The summed E-state index contributed by atoms with van der Waals surface area (Å²) in [6, 6.07) is 23.3. The predicted octanol–water partition coefficient (Wildman–Crippen LogP) is 7.51. The minimum absolute atomic E-state index is 0.0395. The van der Waals surface area contributed by atoms with Crippen LogP contribution >= 0.6 is 22.9 Å². The van der Waals surface area contributed by atoms with E-state index in [-0.39, 0.29) is 12.7 Å². The van der Waals surface area contributed by atoms with Crippen molar-refractivity contribution < 1.29 is 19.0 Å². The van der Waals surface area contributed by atoms with Gasteiger partial charge in [0.15, 0.2) is 11.5 Å². The Bertz CT molecular complexity index is 1700. The number of amides is 1. The lowest BCUT2D eigenvalue weighted by molar-refractivity contribution is 0.0734. The third kappa shape index (κ3) is 5.03. The third-order valence-corrected chi connectivity index (χ3v) is 7.98. The van der Waals surface area contributed by atoms with Crippen LogP contribution in [-0.4, -0.2) is 29.7 Å². The quantitative estimate of drug-likeness (QED) is 0.208. The number of pyridine rings is 1. The molecule has 0 atom stereocenters. The SMILES string of the molecule is COc1ccccc1-c1nc2cc(Cl)ccc2cc1CN(Cc1ccc2c(c1)OCO2)C(=O)c1sccc1C. The topological polar surface area (TPSA) is 60.9 Å². The molecule has 0 radical (unpaired) electrons. The molecular formula is C31H25ClN2O4S. The Morgan fingerprint density at radius 2 is 1.87 bits per heavy atom. The van der Waals surface area contributed by atoms with Crippen LogP contribution in [0, 0.1) is 6.92 Å². The van der Waals surface area contributed by atoms with E-state index in [1.54, 1.807) is 7.11 Å². The highest BCUT2D eigenvalue weighted by Crippen LogP contribution is 2.36. The Balaban J connectivity index is 1.47. The summed E-state index contributed by atoms with van der Waals surface area (Å²) in [6.45, 7) is 2.88. The van der Waals surface area contributed by atoms with Gasteiger partial charge in [0.2, 0.25) is 6.79 Å². The summed E-state index contributed by atoms with van der Waals surface area (Å²) in [5.74, 6) is 2.06. The number of nitrogens with zero attached hydrogens (tertiary/aromatic N) is 2. The Hall–Kier alpha value is -4.07. The fourth-order valence-corrected chi connectivity index (χ4v) is 5.84. The lowest BCUT2D eigenvalue weighted by Gasteiger charge is -2.25. The smallest absolute Gasteiger partial charge is 0.264 e. The first kappa shape index (κ1) is 25.2. The molecule has 196 valence electrons. The van der Waals surface area contributed by atoms with Gasteiger partial charge < -0.3 is 19.1 Å². The number of ether oxygens (including phenoxy) is 3. The van der Waals surface area contributed by atoms with Gasteiger partial charge in [-0.1, -0.05) is 35.9 Å². The minimum Gasteiger partial charge on any atom is -0.496 e. The molecule has 6 rings (SSSR count). The van der Waals surface area contributed by atoms with Crippen LogP contribution in [0.4, 0.5) is 0 Å². The second kappa shape index (κ2) is 10.6. The molecule has 0 spiro atoms. The largest absolute Gasteiger partial charge is 0.496 e. The Labute approximate surface area is 235 Å². The number of hydrogen-bond acceptors (Lipinski definition) is 6. The van der Waals surface area contributed by atoms with Gasteiger partial charge in [-0.2, -0.15) is 0 Å². The number of rotatable bonds is 7. The van der Waals surface area contributed by atoms with Gasteiger partial charge in [-0.15, -0.1) is 11.3 Å². The van der Waals surface area contributed by atoms with E-state index in [2.05, 4.69) is 6.07 Å². The standard InChI is InChI=1S/C31H25ClN2O4S/c1-19-11-12-39-30(19)31(35)34(16-20-7-10-27-28(13-20)38-18-37-27)17-22-14-21-8-9-23(32)15-25(21)33-29(22)24-5-3-4-6-26(24)36-2/h3-15H,16-18H2,1-2H3. The van der Waals surface area contributed by atoms with Crippen molar-refractivity contribution in [2.75, 3.05) is 13.9 Å². The highest BCUT2D eigenvalue weighted by atomic mass is 35.5. The fraction of sp³-hybridized carbons (Fsp3) is 0.161. The van der Waals surface area contributed by atoms with Crippen molar-refractivity contribution >= 4 is 39.7 Å². The molecule has 3 aromatic carbocycles. The third-order valence-electron chi connectivity index (χ3n) is 6.74. The molecule has 1 amide bonds. The molecule has 6 nitrogen and oxygen atoms in total. The number of thiophene rings is 1. The van der Waals surface area contributed by atoms with E-state index in [0.717, 1.165) is 43.7 Å². The summed E-state index contributed by atoms with van der Waals surface area (Å²) in [6.07, 6.45) is 0. The van der Waals surface area contributed by atoms with Gasteiger partial charge in [0.05, 0.1) is 23.2 Å². The molecule has 0 fully saturated rings. The second-order valence-corrected chi connectivity index (χ2v) is 10.7. The normalized spacial score (nSPS) is 12.1. The number of methoxy groups -OCH3 is 1. The molecular weight excluding hydrogens is 532 g/mol. The van der Waals surface area contributed by atoms with Crippen LogP contribution < -0.4 is 14.2 Å². The lowest BCUT2D eigenvalue weighted by Crippen LogP contribution is -2.30. The highest BCUT2D eigenvalue weighted by molar-refractivity contribution is 7.12. The number of aryl methyl sites for hydroxylation is 1. The maximum atomic E-state index is 14.0. The molecule has 0 saturated carbocycles. The molecule has 0 bridgehead atoms. The van der Waals surface area contributed by atoms with Crippen molar-refractivity contribution in [1.82, 2.24) is 9.88 Å². The molecule has 0 saturated heterocycles. The number of hydrogen-bond donors (Lipinski definition) is 0. The van der Waals surface area contributed by atoms with E-state index in [0.29, 0.717) is 35.4 Å².